The van der Waals surface area contributed by atoms with Gasteiger partial charge in [-0.25, -0.2) is 13.4 Å². The van der Waals surface area contributed by atoms with Crippen LogP contribution in [0.25, 0.3) is 0 Å². The van der Waals surface area contributed by atoms with Crippen molar-refractivity contribution in [1.82, 2.24) is 19.2 Å². The van der Waals surface area contributed by atoms with Gasteiger partial charge in [-0.1, -0.05) is 6.07 Å². The number of amides is 1. The molecule has 1 N–H and O–H groups in total. The first-order valence-corrected chi connectivity index (χ1v) is 9.34. The van der Waals surface area contributed by atoms with Crippen molar-refractivity contribution < 1.29 is 17.9 Å². The number of ether oxygens (including phenoxy) is 1. The van der Waals surface area contributed by atoms with Gasteiger partial charge in [-0.05, 0) is 18.2 Å². The van der Waals surface area contributed by atoms with E-state index >= 15 is 0 Å². The molecule has 9 heteroatoms. The minimum absolute atomic E-state index is 0.0839. The van der Waals surface area contributed by atoms with Crippen molar-refractivity contribution in [2.45, 2.75) is 11.4 Å². The summed E-state index contributed by atoms with van der Waals surface area (Å²) in [5.41, 5.74) is 0.356. The van der Waals surface area contributed by atoms with Crippen LogP contribution in [0.15, 0.2) is 41.6 Å². The molecule has 1 saturated heterocycles. The molecule has 1 aliphatic heterocycles. The lowest BCUT2D eigenvalue weighted by Crippen LogP contribution is -2.40. The largest absolute Gasteiger partial charge is 0.378 e. The highest BCUT2D eigenvalue weighted by molar-refractivity contribution is 7.89. The van der Waals surface area contributed by atoms with E-state index in [4.69, 9.17) is 4.74 Å². The Bertz CT molecular complexity index is 830. The number of carbonyl (C=O) groups excluding carboxylic acids is 1. The van der Waals surface area contributed by atoms with E-state index in [2.05, 4.69) is 9.97 Å². The normalized spacial score (nSPS) is 15.5. The number of aromatic amines is 1. The number of carbonyl (C=O) groups is 1. The molecule has 1 aliphatic rings. The minimum atomic E-state index is -3.72. The summed E-state index contributed by atoms with van der Waals surface area (Å²) >= 11 is 0. The van der Waals surface area contributed by atoms with Gasteiger partial charge in [0.25, 0.3) is 5.91 Å². The number of morpholine rings is 1. The van der Waals surface area contributed by atoms with Gasteiger partial charge >= 0.3 is 0 Å². The van der Waals surface area contributed by atoms with Gasteiger partial charge in [0.15, 0.2) is 0 Å². The van der Waals surface area contributed by atoms with Crippen molar-refractivity contribution in [2.24, 2.45) is 0 Å². The number of aromatic nitrogens is 2. The van der Waals surface area contributed by atoms with Crippen LogP contribution in [0.4, 0.5) is 0 Å². The van der Waals surface area contributed by atoms with Crippen molar-refractivity contribution in [2.75, 3.05) is 33.4 Å². The van der Waals surface area contributed by atoms with Gasteiger partial charge in [0.2, 0.25) is 10.0 Å². The Hall–Kier alpha value is -2.23. The fourth-order valence-corrected chi connectivity index (χ4v) is 3.78. The molecule has 0 saturated carbocycles. The number of imidazole rings is 1. The summed E-state index contributed by atoms with van der Waals surface area (Å²) in [6, 6.07) is 6.13. The van der Waals surface area contributed by atoms with Gasteiger partial charge in [-0.2, -0.15) is 4.31 Å². The van der Waals surface area contributed by atoms with Crippen LogP contribution in [-0.4, -0.2) is 66.8 Å². The molecule has 1 amide bonds. The molecule has 8 nitrogen and oxygen atoms in total. The lowest BCUT2D eigenvalue weighted by molar-refractivity contribution is 0.0302. The molecule has 2 heterocycles. The molecule has 0 spiro atoms. The molecule has 1 fully saturated rings. The Balaban J connectivity index is 1.80. The molecule has 2 aromatic rings. The summed E-state index contributed by atoms with van der Waals surface area (Å²) in [6.07, 6.45) is 3.20. The average Bonchev–Trinajstić information content (AvgIpc) is 3.15. The zero-order chi connectivity index (χ0) is 17.9. The molecule has 25 heavy (non-hydrogen) atoms. The van der Waals surface area contributed by atoms with Crippen LogP contribution in [-0.2, 0) is 21.3 Å². The lowest BCUT2D eigenvalue weighted by Gasteiger charge is -2.27. The Morgan fingerprint density at radius 1 is 1.36 bits per heavy atom. The average molecular weight is 364 g/mol. The lowest BCUT2D eigenvalue weighted by atomic mass is 10.2. The van der Waals surface area contributed by atoms with Gasteiger partial charge < -0.3 is 14.6 Å². The molecule has 0 unspecified atom stereocenters. The first kappa shape index (κ1) is 17.6. The molecular formula is C16H20N4O4S. The van der Waals surface area contributed by atoms with Crippen LogP contribution in [0, 0.1) is 0 Å². The highest BCUT2D eigenvalue weighted by atomic mass is 32.2. The van der Waals surface area contributed by atoms with Crippen LogP contribution in [0.2, 0.25) is 0 Å². The highest BCUT2D eigenvalue weighted by Gasteiger charge is 2.24. The third kappa shape index (κ3) is 3.89. The van der Waals surface area contributed by atoms with Gasteiger partial charge in [-0.3, -0.25) is 4.79 Å². The zero-order valence-electron chi connectivity index (χ0n) is 13.9. The molecule has 134 valence electrons. The molecular weight excluding hydrogens is 344 g/mol. The third-order valence-electron chi connectivity index (χ3n) is 4.01. The fraction of sp³-hybridized carbons (Fsp3) is 0.375. The Morgan fingerprint density at radius 2 is 2.12 bits per heavy atom. The fourth-order valence-electron chi connectivity index (χ4n) is 2.60. The molecule has 0 aliphatic carbocycles. The van der Waals surface area contributed by atoms with Gasteiger partial charge in [0.1, 0.15) is 5.82 Å². The van der Waals surface area contributed by atoms with E-state index in [1.165, 1.54) is 23.5 Å². The molecule has 3 rings (SSSR count). The number of rotatable bonds is 5. The van der Waals surface area contributed by atoms with E-state index in [9.17, 15) is 13.2 Å². The second-order valence-electron chi connectivity index (χ2n) is 5.73. The van der Waals surface area contributed by atoms with Crippen molar-refractivity contribution in [3.8, 4) is 0 Å². The SMILES string of the molecule is CN(Cc1ncc[nH]1)S(=O)(=O)c1cccc(C(=O)N2CCOCC2)c1. The summed E-state index contributed by atoms with van der Waals surface area (Å²) in [6.45, 7) is 2.13. The van der Waals surface area contributed by atoms with E-state index in [-0.39, 0.29) is 17.3 Å². The predicted octanol–water partition coefficient (Wildman–Crippen LogP) is 0.703. The molecule has 1 aromatic heterocycles. The van der Waals surface area contributed by atoms with Crippen molar-refractivity contribution in [3.05, 3.63) is 48.0 Å². The number of hydrogen-bond donors (Lipinski definition) is 1. The van der Waals surface area contributed by atoms with Gasteiger partial charge in [0.05, 0.1) is 24.7 Å². The maximum absolute atomic E-state index is 12.7. The van der Waals surface area contributed by atoms with E-state index in [0.717, 1.165) is 0 Å². The Morgan fingerprint density at radius 3 is 2.80 bits per heavy atom. The van der Waals surface area contributed by atoms with Crippen LogP contribution in [0.5, 0.6) is 0 Å². The molecule has 0 bridgehead atoms. The quantitative estimate of drug-likeness (QED) is 0.843. The van der Waals surface area contributed by atoms with Crippen molar-refractivity contribution in [3.63, 3.8) is 0 Å². The maximum Gasteiger partial charge on any atom is 0.254 e. The maximum atomic E-state index is 12.7. The number of sulfonamides is 1. The highest BCUT2D eigenvalue weighted by Crippen LogP contribution is 2.18. The molecule has 0 atom stereocenters. The van der Waals surface area contributed by atoms with Gasteiger partial charge in [-0.15, -0.1) is 0 Å². The number of nitrogens with one attached hydrogen (secondary N) is 1. The second kappa shape index (κ2) is 7.34. The van der Waals surface area contributed by atoms with Crippen LogP contribution >= 0.6 is 0 Å². The van der Waals surface area contributed by atoms with E-state index in [1.54, 1.807) is 29.4 Å². The second-order valence-corrected chi connectivity index (χ2v) is 7.77. The van der Waals surface area contributed by atoms with Crippen LogP contribution in [0.3, 0.4) is 0 Å². The summed E-state index contributed by atoms with van der Waals surface area (Å²) in [5.74, 6) is 0.362. The number of benzene rings is 1. The van der Waals surface area contributed by atoms with E-state index in [0.29, 0.717) is 37.7 Å². The first-order valence-electron chi connectivity index (χ1n) is 7.90. The molecule has 1 aromatic carbocycles. The summed E-state index contributed by atoms with van der Waals surface area (Å²) in [4.78, 5) is 21.2. The number of nitrogens with zero attached hydrogens (tertiary/aromatic N) is 3. The predicted molar refractivity (Wildman–Crippen MR) is 90.4 cm³/mol. The van der Waals surface area contributed by atoms with Crippen LogP contribution < -0.4 is 0 Å². The minimum Gasteiger partial charge on any atom is -0.378 e. The smallest absolute Gasteiger partial charge is 0.254 e. The topological polar surface area (TPSA) is 95.6 Å². The van der Waals surface area contributed by atoms with Crippen LogP contribution in [0.1, 0.15) is 16.2 Å². The molecule has 0 radical (unpaired) electrons. The monoisotopic (exact) mass is 364 g/mol. The van der Waals surface area contributed by atoms with Crippen molar-refractivity contribution in [1.29, 1.82) is 0 Å². The number of hydrogen-bond acceptors (Lipinski definition) is 5. The summed E-state index contributed by atoms with van der Waals surface area (Å²) < 4.78 is 31.9. The standard InChI is InChI=1S/C16H20N4O4S/c1-19(12-15-17-5-6-18-15)25(22,23)14-4-2-3-13(11-14)16(21)20-7-9-24-10-8-20/h2-6,11H,7-10,12H2,1H3,(H,17,18). The summed E-state index contributed by atoms with van der Waals surface area (Å²) in [5, 5.41) is 0. The van der Waals surface area contributed by atoms with Gasteiger partial charge in [0, 0.05) is 38.1 Å². The van der Waals surface area contributed by atoms with E-state index in [1.807, 2.05) is 0 Å². The third-order valence-corrected chi connectivity index (χ3v) is 5.81. The van der Waals surface area contributed by atoms with Crippen molar-refractivity contribution >= 4 is 15.9 Å². The summed E-state index contributed by atoms with van der Waals surface area (Å²) in [7, 11) is -2.24. The Kier molecular flexibility index (Phi) is 5.16. The zero-order valence-corrected chi connectivity index (χ0v) is 14.7. The van der Waals surface area contributed by atoms with E-state index < -0.39 is 10.0 Å². The number of H-pyrrole nitrogens is 1. The Labute approximate surface area is 146 Å². The first-order chi connectivity index (χ1) is 12.0.